The molecule has 1 amide bonds. The van der Waals surface area contributed by atoms with E-state index >= 15 is 0 Å². The topological polar surface area (TPSA) is 95.9 Å². The maximum Gasteiger partial charge on any atom is 0.225 e. The van der Waals surface area contributed by atoms with Gasteiger partial charge in [-0.3, -0.25) is 4.79 Å². The van der Waals surface area contributed by atoms with E-state index in [9.17, 15) is 13.2 Å². The largest absolute Gasteiger partial charge is 0.481 e. The lowest BCUT2D eigenvalue weighted by molar-refractivity contribution is -0.137. The van der Waals surface area contributed by atoms with E-state index in [0.29, 0.717) is 63.8 Å². The van der Waals surface area contributed by atoms with Gasteiger partial charge >= 0.3 is 0 Å². The number of aromatic nitrogens is 2. The molecule has 150 valence electrons. The van der Waals surface area contributed by atoms with Crippen molar-refractivity contribution >= 4 is 21.7 Å². The highest BCUT2D eigenvalue weighted by Crippen LogP contribution is 2.23. The van der Waals surface area contributed by atoms with E-state index in [1.54, 1.807) is 7.11 Å². The molecule has 2 fully saturated rings. The van der Waals surface area contributed by atoms with Crippen molar-refractivity contribution in [1.29, 1.82) is 0 Å². The molecule has 2 saturated heterocycles. The zero-order chi connectivity index (χ0) is 19.6. The molecule has 9 nitrogen and oxygen atoms in total. The van der Waals surface area contributed by atoms with E-state index in [-0.39, 0.29) is 11.8 Å². The maximum atomic E-state index is 12.8. The molecule has 0 N–H and O–H groups in total. The average molecular weight is 398 g/mol. The molecule has 3 heterocycles. The van der Waals surface area contributed by atoms with Crippen LogP contribution in [0, 0.1) is 12.8 Å². The Morgan fingerprint density at radius 3 is 2.30 bits per heavy atom. The number of amides is 1. The summed E-state index contributed by atoms with van der Waals surface area (Å²) in [4.78, 5) is 25.5. The first kappa shape index (κ1) is 19.8. The fourth-order valence-corrected chi connectivity index (χ4v) is 4.51. The minimum atomic E-state index is -3.17. The highest BCUT2D eigenvalue weighted by atomic mass is 32.2. The second kappa shape index (κ2) is 7.97. The molecule has 0 aromatic carbocycles. The number of methoxy groups -OCH3 is 1. The lowest BCUT2D eigenvalue weighted by Crippen LogP contribution is -2.52. The number of carbonyl (C=O) groups excluding carboxylic acids is 1. The lowest BCUT2D eigenvalue weighted by atomic mass is 9.96. The van der Waals surface area contributed by atoms with Gasteiger partial charge in [0.05, 0.1) is 13.4 Å². The van der Waals surface area contributed by atoms with Crippen LogP contribution in [0.4, 0.5) is 5.82 Å². The Kier molecular flexibility index (Phi) is 5.85. The third-order valence-electron chi connectivity index (χ3n) is 5.20. The van der Waals surface area contributed by atoms with Crippen molar-refractivity contribution in [2.45, 2.75) is 19.8 Å². The summed E-state index contributed by atoms with van der Waals surface area (Å²) < 4.78 is 29.9. The van der Waals surface area contributed by atoms with Crippen LogP contribution < -0.4 is 9.64 Å². The van der Waals surface area contributed by atoms with E-state index in [1.165, 1.54) is 10.6 Å². The van der Waals surface area contributed by atoms with E-state index in [0.717, 1.165) is 5.82 Å². The summed E-state index contributed by atoms with van der Waals surface area (Å²) in [5.74, 6) is 2.05. The van der Waals surface area contributed by atoms with E-state index in [2.05, 4.69) is 14.9 Å². The fourth-order valence-electron chi connectivity index (χ4n) is 3.64. The fraction of sp³-hybridized carbons (Fsp3) is 0.706. The zero-order valence-corrected chi connectivity index (χ0v) is 16.9. The average Bonchev–Trinajstić information content (AvgIpc) is 2.66. The number of sulfonamides is 1. The lowest BCUT2D eigenvalue weighted by Gasteiger charge is -2.38. The van der Waals surface area contributed by atoms with Gasteiger partial charge in [0, 0.05) is 51.3 Å². The summed E-state index contributed by atoms with van der Waals surface area (Å²) in [7, 11) is -1.59. The van der Waals surface area contributed by atoms with Crippen molar-refractivity contribution in [1.82, 2.24) is 19.2 Å². The van der Waals surface area contributed by atoms with Gasteiger partial charge in [0.2, 0.25) is 21.8 Å². The first-order chi connectivity index (χ1) is 12.8. The van der Waals surface area contributed by atoms with Crippen LogP contribution in [0.3, 0.4) is 0 Å². The van der Waals surface area contributed by atoms with Gasteiger partial charge in [-0.2, -0.15) is 4.98 Å². The number of aryl methyl sites for hydroxylation is 1. The van der Waals surface area contributed by atoms with Crippen LogP contribution in [0.1, 0.15) is 18.7 Å². The number of hydrogen-bond donors (Lipinski definition) is 0. The molecule has 2 aliphatic rings. The number of carbonyl (C=O) groups is 1. The van der Waals surface area contributed by atoms with Crippen LogP contribution in [-0.2, 0) is 14.8 Å². The molecule has 2 aliphatic heterocycles. The Hall–Kier alpha value is -1.94. The van der Waals surface area contributed by atoms with Crippen LogP contribution >= 0.6 is 0 Å². The van der Waals surface area contributed by atoms with Crippen molar-refractivity contribution in [3.05, 3.63) is 11.9 Å². The minimum Gasteiger partial charge on any atom is -0.481 e. The molecule has 10 heteroatoms. The van der Waals surface area contributed by atoms with Crippen LogP contribution in [0.15, 0.2) is 6.07 Å². The summed E-state index contributed by atoms with van der Waals surface area (Å²) in [5.41, 5.74) is 0. The number of nitrogens with zero attached hydrogens (tertiary/aromatic N) is 5. The Bertz CT molecular complexity index is 785. The third kappa shape index (κ3) is 4.67. The molecule has 1 aromatic heterocycles. The molecule has 0 radical (unpaired) electrons. The Morgan fingerprint density at radius 2 is 1.74 bits per heavy atom. The molecular formula is C17H27N5O4S. The summed E-state index contributed by atoms with van der Waals surface area (Å²) in [6, 6.07) is 1.81. The predicted octanol–water partition coefficient (Wildman–Crippen LogP) is 0.114. The number of ether oxygens (including phenoxy) is 1. The van der Waals surface area contributed by atoms with Crippen molar-refractivity contribution in [2.75, 3.05) is 57.5 Å². The highest BCUT2D eigenvalue weighted by molar-refractivity contribution is 7.88. The van der Waals surface area contributed by atoms with Gasteiger partial charge in [-0.25, -0.2) is 17.7 Å². The third-order valence-corrected chi connectivity index (χ3v) is 6.50. The predicted molar refractivity (Wildman–Crippen MR) is 101 cm³/mol. The van der Waals surface area contributed by atoms with Crippen LogP contribution in [-0.4, -0.2) is 86.1 Å². The molecule has 27 heavy (non-hydrogen) atoms. The van der Waals surface area contributed by atoms with Gasteiger partial charge < -0.3 is 14.5 Å². The molecule has 0 spiro atoms. The molecule has 0 saturated carbocycles. The van der Waals surface area contributed by atoms with Crippen molar-refractivity contribution in [2.24, 2.45) is 5.92 Å². The monoisotopic (exact) mass is 397 g/mol. The van der Waals surface area contributed by atoms with Crippen molar-refractivity contribution < 1.29 is 17.9 Å². The normalized spacial score (nSPS) is 20.0. The second-order valence-electron chi connectivity index (χ2n) is 7.06. The number of piperidine rings is 1. The Labute approximate surface area is 160 Å². The number of piperazine rings is 1. The number of anilines is 1. The van der Waals surface area contributed by atoms with Gasteiger partial charge in [0.25, 0.3) is 0 Å². The molecule has 0 bridgehead atoms. The minimum absolute atomic E-state index is 0.0871. The molecule has 0 atom stereocenters. The maximum absolute atomic E-state index is 12.8. The number of hydrogen-bond acceptors (Lipinski definition) is 7. The molecule has 1 aromatic rings. The molecular weight excluding hydrogens is 370 g/mol. The molecule has 0 unspecified atom stereocenters. The zero-order valence-electron chi connectivity index (χ0n) is 16.1. The quantitative estimate of drug-likeness (QED) is 0.712. The van der Waals surface area contributed by atoms with Gasteiger partial charge in [-0.15, -0.1) is 0 Å². The van der Waals surface area contributed by atoms with E-state index in [1.807, 2.05) is 17.9 Å². The van der Waals surface area contributed by atoms with Crippen LogP contribution in [0.2, 0.25) is 0 Å². The number of rotatable bonds is 4. The highest BCUT2D eigenvalue weighted by Gasteiger charge is 2.32. The first-order valence-electron chi connectivity index (χ1n) is 9.16. The van der Waals surface area contributed by atoms with Gasteiger partial charge in [-0.05, 0) is 19.8 Å². The van der Waals surface area contributed by atoms with Crippen LogP contribution in [0.5, 0.6) is 5.88 Å². The van der Waals surface area contributed by atoms with Crippen molar-refractivity contribution in [3.63, 3.8) is 0 Å². The van der Waals surface area contributed by atoms with E-state index in [4.69, 9.17) is 4.74 Å². The molecule has 0 aliphatic carbocycles. The van der Waals surface area contributed by atoms with Gasteiger partial charge in [0.1, 0.15) is 11.6 Å². The summed E-state index contributed by atoms with van der Waals surface area (Å²) in [6.45, 7) is 5.35. The summed E-state index contributed by atoms with van der Waals surface area (Å²) >= 11 is 0. The first-order valence-corrected chi connectivity index (χ1v) is 11.0. The molecule has 3 rings (SSSR count). The van der Waals surface area contributed by atoms with E-state index < -0.39 is 10.0 Å². The summed E-state index contributed by atoms with van der Waals surface area (Å²) in [6.07, 6.45) is 2.40. The van der Waals surface area contributed by atoms with Crippen LogP contribution in [0.25, 0.3) is 0 Å². The second-order valence-corrected chi connectivity index (χ2v) is 9.05. The Balaban J connectivity index is 1.55. The van der Waals surface area contributed by atoms with Crippen molar-refractivity contribution in [3.8, 4) is 5.88 Å². The van der Waals surface area contributed by atoms with Gasteiger partial charge in [0.15, 0.2) is 0 Å². The van der Waals surface area contributed by atoms with Gasteiger partial charge in [-0.1, -0.05) is 0 Å². The summed E-state index contributed by atoms with van der Waals surface area (Å²) in [5, 5.41) is 0. The Morgan fingerprint density at radius 1 is 1.11 bits per heavy atom. The standard InChI is InChI=1S/C17H27N5O4S/c1-13-18-15(12-16(19-13)26-2)20-8-10-21(11-9-20)17(23)14-4-6-22(7-5-14)27(3,24)25/h12,14H,4-11H2,1-3H3. The SMILES string of the molecule is COc1cc(N2CCN(C(=O)C3CCN(S(C)(=O)=O)CC3)CC2)nc(C)n1. The smallest absolute Gasteiger partial charge is 0.225 e.